The van der Waals surface area contributed by atoms with E-state index >= 15 is 0 Å². The number of benzene rings is 3. The minimum Gasteiger partial charge on any atom is -0.508 e. The van der Waals surface area contributed by atoms with Gasteiger partial charge in [0, 0.05) is 11.1 Å². The number of hydrogen-bond acceptors (Lipinski definition) is 2. The fourth-order valence-corrected chi connectivity index (χ4v) is 2.67. The monoisotopic (exact) mass is 277 g/mol. The summed E-state index contributed by atoms with van der Waals surface area (Å²) in [5.74, 6) is 0.304. The highest BCUT2D eigenvalue weighted by Gasteiger charge is 2.10. The normalized spacial score (nSPS) is 12.2. The predicted molar refractivity (Wildman–Crippen MR) is 88.7 cm³/mol. The van der Waals surface area contributed by atoms with Crippen molar-refractivity contribution in [3.63, 3.8) is 0 Å². The van der Waals surface area contributed by atoms with Crippen molar-refractivity contribution in [2.45, 2.75) is 19.4 Å². The molecule has 0 bridgehead atoms. The molecule has 1 atom stereocenters. The zero-order valence-corrected chi connectivity index (χ0v) is 12.1. The van der Waals surface area contributed by atoms with E-state index in [0.717, 1.165) is 12.1 Å². The average molecular weight is 277 g/mol. The van der Waals surface area contributed by atoms with Gasteiger partial charge in [0.25, 0.3) is 0 Å². The van der Waals surface area contributed by atoms with Crippen molar-refractivity contribution in [2.75, 3.05) is 5.32 Å². The number of anilines is 1. The van der Waals surface area contributed by atoms with Crippen LogP contribution in [0.1, 0.15) is 24.9 Å². The first-order chi connectivity index (χ1) is 10.3. The van der Waals surface area contributed by atoms with Crippen molar-refractivity contribution in [2.24, 2.45) is 0 Å². The Labute approximate surface area is 125 Å². The summed E-state index contributed by atoms with van der Waals surface area (Å²) in [6.45, 7) is 2.16. The van der Waals surface area contributed by atoms with Crippen LogP contribution in [0.5, 0.6) is 5.75 Å². The fourth-order valence-electron chi connectivity index (χ4n) is 2.67. The van der Waals surface area contributed by atoms with Gasteiger partial charge in [-0.05, 0) is 35.6 Å². The highest BCUT2D eigenvalue weighted by atomic mass is 16.3. The molecule has 0 saturated carbocycles. The molecule has 2 N–H and O–H groups in total. The van der Waals surface area contributed by atoms with Crippen molar-refractivity contribution in [1.82, 2.24) is 0 Å². The topological polar surface area (TPSA) is 32.3 Å². The molecule has 0 aliphatic carbocycles. The van der Waals surface area contributed by atoms with E-state index < -0.39 is 0 Å². The van der Waals surface area contributed by atoms with Gasteiger partial charge in [0.2, 0.25) is 0 Å². The molecule has 3 aromatic rings. The molecule has 0 amide bonds. The Kier molecular flexibility index (Phi) is 3.78. The Balaban J connectivity index is 1.94. The molecule has 2 nitrogen and oxygen atoms in total. The number of hydrogen-bond donors (Lipinski definition) is 2. The fraction of sp³-hybridized carbons (Fsp3) is 0.158. The van der Waals surface area contributed by atoms with Crippen LogP contribution in [0.15, 0.2) is 66.7 Å². The largest absolute Gasteiger partial charge is 0.508 e. The van der Waals surface area contributed by atoms with Gasteiger partial charge < -0.3 is 10.4 Å². The van der Waals surface area contributed by atoms with E-state index in [1.54, 1.807) is 12.1 Å². The molecule has 1 unspecified atom stereocenters. The number of aromatic hydroxyl groups is 1. The summed E-state index contributed by atoms with van der Waals surface area (Å²) in [5, 5.41) is 15.5. The average Bonchev–Trinajstić information content (AvgIpc) is 2.54. The Morgan fingerprint density at radius 2 is 1.62 bits per heavy atom. The van der Waals surface area contributed by atoms with Crippen molar-refractivity contribution in [3.8, 4) is 5.75 Å². The lowest BCUT2D eigenvalue weighted by molar-refractivity contribution is 0.475. The number of phenols is 1. The van der Waals surface area contributed by atoms with E-state index in [9.17, 15) is 5.11 Å². The number of nitrogens with one attached hydrogen (secondary N) is 1. The highest BCUT2D eigenvalue weighted by molar-refractivity contribution is 5.93. The smallest absolute Gasteiger partial charge is 0.115 e. The first-order valence-corrected chi connectivity index (χ1v) is 7.31. The zero-order chi connectivity index (χ0) is 14.7. The van der Waals surface area contributed by atoms with Crippen LogP contribution in [0.4, 0.5) is 5.69 Å². The summed E-state index contributed by atoms with van der Waals surface area (Å²) in [4.78, 5) is 0. The van der Waals surface area contributed by atoms with Crippen molar-refractivity contribution in [1.29, 1.82) is 0 Å². The maximum Gasteiger partial charge on any atom is 0.115 e. The van der Waals surface area contributed by atoms with E-state index in [1.807, 2.05) is 12.1 Å². The molecule has 3 rings (SSSR count). The van der Waals surface area contributed by atoms with Crippen LogP contribution in [0.3, 0.4) is 0 Å². The summed E-state index contributed by atoms with van der Waals surface area (Å²) in [7, 11) is 0. The summed E-state index contributed by atoms with van der Waals surface area (Å²) in [6.07, 6.45) is 0.980. The van der Waals surface area contributed by atoms with Gasteiger partial charge in [0.05, 0.1) is 6.04 Å². The van der Waals surface area contributed by atoms with Gasteiger partial charge in [-0.25, -0.2) is 0 Å². The van der Waals surface area contributed by atoms with Crippen LogP contribution < -0.4 is 5.32 Å². The second-order valence-corrected chi connectivity index (χ2v) is 5.22. The summed E-state index contributed by atoms with van der Waals surface area (Å²) >= 11 is 0. The van der Waals surface area contributed by atoms with Gasteiger partial charge in [0.1, 0.15) is 5.75 Å². The maximum absolute atomic E-state index is 9.42. The second-order valence-electron chi connectivity index (χ2n) is 5.22. The van der Waals surface area contributed by atoms with Crippen molar-refractivity contribution < 1.29 is 5.11 Å². The first-order valence-electron chi connectivity index (χ1n) is 7.31. The molecule has 3 aromatic carbocycles. The highest BCUT2D eigenvalue weighted by Crippen LogP contribution is 2.29. The first kappa shape index (κ1) is 13.5. The molecule has 0 heterocycles. The van der Waals surface area contributed by atoms with E-state index in [1.165, 1.54) is 16.3 Å². The minimum atomic E-state index is 0.233. The molecular weight excluding hydrogens is 258 g/mol. The molecule has 0 aromatic heterocycles. The lowest BCUT2D eigenvalue weighted by Gasteiger charge is -2.20. The minimum absolute atomic E-state index is 0.233. The number of rotatable bonds is 4. The molecule has 106 valence electrons. The molecule has 0 radical (unpaired) electrons. The van der Waals surface area contributed by atoms with E-state index in [4.69, 9.17) is 0 Å². The molecule has 0 fully saturated rings. The van der Waals surface area contributed by atoms with Crippen molar-refractivity contribution in [3.05, 3.63) is 72.3 Å². The second kappa shape index (κ2) is 5.88. The van der Waals surface area contributed by atoms with E-state index in [2.05, 4.69) is 54.7 Å². The third-order valence-electron chi connectivity index (χ3n) is 3.82. The molecule has 2 heteroatoms. The third-order valence-corrected chi connectivity index (χ3v) is 3.82. The number of phenolic OH excluding ortho intramolecular Hbond substituents is 1. The molecule has 0 spiro atoms. The van der Waals surface area contributed by atoms with Gasteiger partial charge in [-0.3, -0.25) is 0 Å². The zero-order valence-electron chi connectivity index (χ0n) is 12.1. The van der Waals surface area contributed by atoms with Crippen molar-refractivity contribution >= 4 is 16.5 Å². The standard InChI is InChI=1S/C19H19NO/c1-2-18(15-10-12-16(21)13-11-15)20-19-9-5-7-14-6-3-4-8-17(14)19/h3-13,18,20-21H,2H2,1H3. The summed E-state index contributed by atoms with van der Waals surface area (Å²) in [5.41, 5.74) is 2.33. The molecule has 21 heavy (non-hydrogen) atoms. The van der Waals surface area contributed by atoms with E-state index in [-0.39, 0.29) is 6.04 Å². The quantitative estimate of drug-likeness (QED) is 0.694. The third kappa shape index (κ3) is 2.84. The van der Waals surface area contributed by atoms with Crippen LogP contribution >= 0.6 is 0 Å². The van der Waals surface area contributed by atoms with Gasteiger partial charge >= 0.3 is 0 Å². The van der Waals surface area contributed by atoms with Gasteiger partial charge in [-0.1, -0.05) is 55.5 Å². The summed E-state index contributed by atoms with van der Waals surface area (Å²) < 4.78 is 0. The van der Waals surface area contributed by atoms with Crippen LogP contribution in [-0.4, -0.2) is 5.11 Å². The Morgan fingerprint density at radius 1 is 0.905 bits per heavy atom. The molecular formula is C19H19NO. The van der Waals surface area contributed by atoms with Crippen LogP contribution in [0.25, 0.3) is 10.8 Å². The predicted octanol–water partition coefficient (Wildman–Crippen LogP) is 5.11. The molecule has 0 aliphatic heterocycles. The Bertz CT molecular complexity index is 729. The van der Waals surface area contributed by atoms with Gasteiger partial charge in [0.15, 0.2) is 0 Å². The molecule has 0 saturated heterocycles. The van der Waals surface area contributed by atoms with Gasteiger partial charge in [-0.15, -0.1) is 0 Å². The molecule has 0 aliphatic rings. The lowest BCUT2D eigenvalue weighted by atomic mass is 10.0. The van der Waals surface area contributed by atoms with E-state index in [0.29, 0.717) is 5.75 Å². The van der Waals surface area contributed by atoms with Crippen LogP contribution in [0, 0.1) is 0 Å². The summed E-state index contributed by atoms with van der Waals surface area (Å²) in [6, 6.07) is 22.4. The Hall–Kier alpha value is -2.48. The lowest BCUT2D eigenvalue weighted by Crippen LogP contribution is -2.09. The van der Waals surface area contributed by atoms with Crippen LogP contribution in [-0.2, 0) is 0 Å². The maximum atomic E-state index is 9.42. The van der Waals surface area contributed by atoms with Gasteiger partial charge in [-0.2, -0.15) is 0 Å². The SMILES string of the molecule is CCC(Nc1cccc2ccccc12)c1ccc(O)cc1. The number of fused-ring (bicyclic) bond motifs is 1. The Morgan fingerprint density at radius 3 is 2.38 bits per heavy atom. The van der Waals surface area contributed by atoms with Crippen LogP contribution in [0.2, 0.25) is 0 Å².